The first-order valence-electron chi connectivity index (χ1n) is 7.68. The number of ether oxygens (including phenoxy) is 1. The Kier molecular flexibility index (Phi) is 5.89. The summed E-state index contributed by atoms with van der Waals surface area (Å²) >= 11 is 0. The van der Waals surface area contributed by atoms with Gasteiger partial charge in [-0.1, -0.05) is 18.2 Å². The lowest BCUT2D eigenvalue weighted by Crippen LogP contribution is -2.25. The Labute approximate surface area is 140 Å². The molecule has 1 N–H and O–H groups in total. The highest BCUT2D eigenvalue weighted by atomic mass is 16.6. The van der Waals surface area contributed by atoms with E-state index in [1.165, 1.54) is 12.1 Å². The summed E-state index contributed by atoms with van der Waals surface area (Å²) in [7, 11) is 1.63. The number of amides is 1. The summed E-state index contributed by atoms with van der Waals surface area (Å²) in [5, 5.41) is 13.7. The van der Waals surface area contributed by atoms with Crippen LogP contribution in [0.2, 0.25) is 0 Å². The van der Waals surface area contributed by atoms with Crippen LogP contribution >= 0.6 is 0 Å². The molecule has 0 fully saturated rings. The van der Waals surface area contributed by atoms with E-state index in [1.807, 2.05) is 24.3 Å². The Bertz CT molecular complexity index is 744. The number of hydrogen-bond acceptors (Lipinski definition) is 4. The van der Waals surface area contributed by atoms with E-state index in [4.69, 9.17) is 4.74 Å². The lowest BCUT2D eigenvalue weighted by atomic mass is 10.1. The van der Waals surface area contributed by atoms with Gasteiger partial charge >= 0.3 is 0 Å². The van der Waals surface area contributed by atoms with Crippen LogP contribution in [0.3, 0.4) is 0 Å². The number of nitrogens with one attached hydrogen (secondary N) is 1. The van der Waals surface area contributed by atoms with Crippen molar-refractivity contribution in [3.63, 3.8) is 0 Å². The molecule has 0 aliphatic heterocycles. The van der Waals surface area contributed by atoms with Crippen molar-refractivity contribution in [2.75, 3.05) is 13.7 Å². The predicted octanol–water partition coefficient (Wildman–Crippen LogP) is 3.27. The molecule has 0 aromatic heterocycles. The largest absolute Gasteiger partial charge is 0.497 e. The van der Waals surface area contributed by atoms with Crippen molar-refractivity contribution in [3.8, 4) is 5.75 Å². The van der Waals surface area contributed by atoms with Crippen LogP contribution in [-0.2, 0) is 6.42 Å². The van der Waals surface area contributed by atoms with Gasteiger partial charge in [0.25, 0.3) is 11.6 Å². The Balaban J connectivity index is 1.89. The van der Waals surface area contributed by atoms with Gasteiger partial charge in [0, 0.05) is 23.7 Å². The van der Waals surface area contributed by atoms with Gasteiger partial charge in [0.2, 0.25) is 0 Å². The van der Waals surface area contributed by atoms with Crippen molar-refractivity contribution >= 4 is 11.6 Å². The van der Waals surface area contributed by atoms with Gasteiger partial charge in [-0.25, -0.2) is 0 Å². The highest BCUT2D eigenvalue weighted by Gasteiger charge is 2.17. The molecular formula is C18H20N2O4. The van der Waals surface area contributed by atoms with E-state index in [9.17, 15) is 14.9 Å². The van der Waals surface area contributed by atoms with E-state index in [0.717, 1.165) is 24.2 Å². The van der Waals surface area contributed by atoms with Crippen molar-refractivity contribution in [2.24, 2.45) is 0 Å². The maximum Gasteiger partial charge on any atom is 0.273 e. The summed E-state index contributed by atoms with van der Waals surface area (Å²) in [5.74, 6) is 0.519. The molecule has 2 aromatic carbocycles. The Morgan fingerprint density at radius 3 is 2.71 bits per heavy atom. The molecule has 0 radical (unpaired) electrons. The van der Waals surface area contributed by atoms with Crippen molar-refractivity contribution in [3.05, 3.63) is 69.3 Å². The smallest absolute Gasteiger partial charge is 0.273 e. The van der Waals surface area contributed by atoms with Gasteiger partial charge in [-0.3, -0.25) is 14.9 Å². The minimum absolute atomic E-state index is 0.0426. The number of carbonyl (C=O) groups excluding carboxylic acids is 1. The van der Waals surface area contributed by atoms with Gasteiger partial charge in [0.15, 0.2) is 0 Å². The zero-order valence-corrected chi connectivity index (χ0v) is 13.7. The first kappa shape index (κ1) is 17.5. The molecular weight excluding hydrogens is 308 g/mol. The average molecular weight is 328 g/mol. The summed E-state index contributed by atoms with van der Waals surface area (Å²) in [6.07, 6.45) is 1.58. The van der Waals surface area contributed by atoms with E-state index in [1.54, 1.807) is 20.1 Å². The van der Waals surface area contributed by atoms with Crippen molar-refractivity contribution in [1.82, 2.24) is 5.32 Å². The van der Waals surface area contributed by atoms with E-state index < -0.39 is 4.92 Å². The molecule has 0 spiro atoms. The van der Waals surface area contributed by atoms with Crippen molar-refractivity contribution in [2.45, 2.75) is 19.8 Å². The quantitative estimate of drug-likeness (QED) is 0.480. The van der Waals surface area contributed by atoms with Gasteiger partial charge in [-0.05, 0) is 43.5 Å². The molecule has 0 bridgehead atoms. The Morgan fingerprint density at radius 2 is 2.00 bits per heavy atom. The van der Waals surface area contributed by atoms with Gasteiger partial charge in [-0.2, -0.15) is 0 Å². The van der Waals surface area contributed by atoms with Crippen LogP contribution < -0.4 is 10.1 Å². The monoisotopic (exact) mass is 328 g/mol. The molecule has 0 unspecified atom stereocenters. The second-order valence-electron chi connectivity index (χ2n) is 5.42. The highest BCUT2D eigenvalue weighted by Crippen LogP contribution is 2.21. The number of nitrogens with zero attached hydrogens (tertiary/aromatic N) is 1. The number of aryl methyl sites for hydroxylation is 1. The zero-order valence-electron chi connectivity index (χ0n) is 13.7. The highest BCUT2D eigenvalue weighted by molar-refractivity contribution is 5.96. The maximum atomic E-state index is 12.2. The summed E-state index contributed by atoms with van der Waals surface area (Å²) in [5.41, 5.74) is 1.81. The summed E-state index contributed by atoms with van der Waals surface area (Å²) in [6, 6.07) is 12.3. The van der Waals surface area contributed by atoms with Crippen LogP contribution in [0.25, 0.3) is 0 Å². The van der Waals surface area contributed by atoms with Gasteiger partial charge in [0.1, 0.15) is 5.75 Å². The zero-order chi connectivity index (χ0) is 17.5. The molecule has 0 aliphatic rings. The molecule has 2 aromatic rings. The van der Waals surface area contributed by atoms with Gasteiger partial charge in [0.05, 0.1) is 12.0 Å². The standard InChI is InChI=1S/C18H20N2O4/c1-13-16(9-4-10-17(13)20(22)23)18(21)19-11-5-7-14-6-3-8-15(12-14)24-2/h3-4,6,8-10,12H,5,7,11H2,1-2H3,(H,19,21). The average Bonchev–Trinajstić information content (AvgIpc) is 2.58. The molecule has 0 saturated heterocycles. The van der Waals surface area contributed by atoms with Crippen LogP contribution in [0.5, 0.6) is 5.75 Å². The number of carbonyl (C=O) groups is 1. The molecule has 24 heavy (non-hydrogen) atoms. The summed E-state index contributed by atoms with van der Waals surface area (Å²) in [4.78, 5) is 22.7. The lowest BCUT2D eigenvalue weighted by molar-refractivity contribution is -0.385. The van der Waals surface area contributed by atoms with E-state index in [2.05, 4.69) is 5.32 Å². The third-order valence-corrected chi connectivity index (χ3v) is 3.81. The number of rotatable bonds is 7. The maximum absolute atomic E-state index is 12.2. The number of benzene rings is 2. The fraction of sp³-hybridized carbons (Fsp3) is 0.278. The number of methoxy groups -OCH3 is 1. The normalized spacial score (nSPS) is 10.2. The molecule has 6 nitrogen and oxygen atoms in total. The van der Waals surface area contributed by atoms with Gasteiger partial charge in [-0.15, -0.1) is 0 Å². The fourth-order valence-corrected chi connectivity index (χ4v) is 2.48. The Morgan fingerprint density at radius 1 is 1.25 bits per heavy atom. The molecule has 1 amide bonds. The molecule has 0 atom stereocenters. The summed E-state index contributed by atoms with van der Waals surface area (Å²) in [6.45, 7) is 2.08. The molecule has 126 valence electrons. The molecule has 2 rings (SSSR count). The van der Waals surface area contributed by atoms with Crippen LogP contribution in [0.4, 0.5) is 5.69 Å². The Hall–Kier alpha value is -2.89. The first-order chi connectivity index (χ1) is 11.5. The summed E-state index contributed by atoms with van der Waals surface area (Å²) < 4.78 is 5.18. The molecule has 0 aliphatic carbocycles. The van der Waals surface area contributed by atoms with E-state index in [-0.39, 0.29) is 11.6 Å². The number of nitro benzene ring substituents is 1. The van der Waals surface area contributed by atoms with Crippen LogP contribution in [0.15, 0.2) is 42.5 Å². The predicted molar refractivity (Wildman–Crippen MR) is 91.5 cm³/mol. The number of hydrogen-bond donors (Lipinski definition) is 1. The molecule has 6 heteroatoms. The minimum Gasteiger partial charge on any atom is -0.497 e. The third-order valence-electron chi connectivity index (χ3n) is 3.81. The fourth-order valence-electron chi connectivity index (χ4n) is 2.48. The second-order valence-corrected chi connectivity index (χ2v) is 5.42. The lowest BCUT2D eigenvalue weighted by Gasteiger charge is -2.08. The second kappa shape index (κ2) is 8.10. The first-order valence-corrected chi connectivity index (χ1v) is 7.68. The van der Waals surface area contributed by atoms with Crippen molar-refractivity contribution < 1.29 is 14.5 Å². The number of nitro groups is 1. The van der Waals surface area contributed by atoms with Crippen LogP contribution in [0, 0.1) is 17.0 Å². The van der Waals surface area contributed by atoms with E-state index >= 15 is 0 Å². The third kappa shape index (κ3) is 4.32. The topological polar surface area (TPSA) is 81.5 Å². The molecule has 0 saturated carbocycles. The van der Waals surface area contributed by atoms with Crippen LogP contribution in [0.1, 0.15) is 27.9 Å². The molecule has 0 heterocycles. The minimum atomic E-state index is -0.477. The van der Waals surface area contributed by atoms with Crippen molar-refractivity contribution in [1.29, 1.82) is 0 Å². The van der Waals surface area contributed by atoms with Gasteiger partial charge < -0.3 is 10.1 Å². The van der Waals surface area contributed by atoms with E-state index in [0.29, 0.717) is 17.7 Å². The SMILES string of the molecule is COc1cccc(CCCNC(=O)c2cccc([N+](=O)[O-])c2C)c1. The van der Waals surface area contributed by atoms with Crippen LogP contribution in [-0.4, -0.2) is 24.5 Å².